The summed E-state index contributed by atoms with van der Waals surface area (Å²) in [7, 11) is 1.63. The van der Waals surface area contributed by atoms with Crippen molar-refractivity contribution in [3.63, 3.8) is 0 Å². The zero-order valence-corrected chi connectivity index (χ0v) is 13.3. The van der Waals surface area contributed by atoms with Crippen molar-refractivity contribution in [1.29, 1.82) is 0 Å². The molecule has 0 aliphatic carbocycles. The largest absolute Gasteiger partial charge is 0.383 e. The average Bonchev–Trinajstić information content (AvgIpc) is 2.89. The van der Waals surface area contributed by atoms with E-state index in [4.69, 9.17) is 4.74 Å². The van der Waals surface area contributed by atoms with E-state index in [2.05, 4.69) is 5.32 Å². The number of hydrogen-bond donors (Lipinski definition) is 1. The molecule has 23 heavy (non-hydrogen) atoms. The van der Waals surface area contributed by atoms with Crippen LogP contribution in [0.1, 0.15) is 0 Å². The first-order valence-corrected chi connectivity index (χ1v) is 7.84. The van der Waals surface area contributed by atoms with Crippen molar-refractivity contribution in [2.24, 2.45) is 0 Å². The van der Waals surface area contributed by atoms with Crippen LogP contribution in [0.15, 0.2) is 30.3 Å². The number of urea groups is 2. The molecule has 1 unspecified atom stereocenters. The van der Waals surface area contributed by atoms with E-state index >= 15 is 0 Å². The SMILES string of the molecule is COCCN1CC2CN(C(=O)Nc3ccccc3)CCN2C1=O. The van der Waals surface area contributed by atoms with Gasteiger partial charge in [0.2, 0.25) is 0 Å². The minimum atomic E-state index is -0.112. The third kappa shape index (κ3) is 3.39. The fraction of sp³-hybridized carbons (Fsp3) is 0.500. The van der Waals surface area contributed by atoms with Gasteiger partial charge in [0.15, 0.2) is 0 Å². The number of carbonyl (C=O) groups excluding carboxylic acids is 2. The number of benzene rings is 1. The Morgan fingerprint density at radius 2 is 2.04 bits per heavy atom. The monoisotopic (exact) mass is 318 g/mol. The third-order valence-corrected chi connectivity index (χ3v) is 4.31. The van der Waals surface area contributed by atoms with Crippen LogP contribution in [-0.4, -0.2) is 79.2 Å². The topological polar surface area (TPSA) is 65.1 Å². The minimum absolute atomic E-state index is 0.0511. The van der Waals surface area contributed by atoms with Crippen LogP contribution in [-0.2, 0) is 4.74 Å². The number of amides is 4. The van der Waals surface area contributed by atoms with Gasteiger partial charge in [0.1, 0.15) is 0 Å². The van der Waals surface area contributed by atoms with Crippen molar-refractivity contribution in [2.45, 2.75) is 6.04 Å². The van der Waals surface area contributed by atoms with Gasteiger partial charge in [-0.15, -0.1) is 0 Å². The zero-order chi connectivity index (χ0) is 16.2. The first-order chi connectivity index (χ1) is 11.2. The number of anilines is 1. The predicted molar refractivity (Wildman–Crippen MR) is 86.4 cm³/mol. The van der Waals surface area contributed by atoms with Crippen LogP contribution in [0, 0.1) is 0 Å². The molecule has 0 bridgehead atoms. The molecule has 2 aliphatic rings. The molecule has 2 aliphatic heterocycles. The van der Waals surface area contributed by atoms with Gasteiger partial charge in [-0.1, -0.05) is 18.2 Å². The molecule has 4 amide bonds. The maximum atomic E-state index is 12.4. The molecule has 7 nitrogen and oxygen atoms in total. The van der Waals surface area contributed by atoms with E-state index < -0.39 is 0 Å². The lowest BCUT2D eigenvalue weighted by molar-refractivity contribution is 0.133. The number of para-hydroxylation sites is 1. The average molecular weight is 318 g/mol. The lowest BCUT2D eigenvalue weighted by atomic mass is 10.2. The number of piperazine rings is 1. The van der Waals surface area contributed by atoms with E-state index in [1.54, 1.807) is 16.9 Å². The molecule has 124 valence electrons. The summed E-state index contributed by atoms with van der Waals surface area (Å²) in [5.74, 6) is 0. The molecule has 0 spiro atoms. The van der Waals surface area contributed by atoms with Gasteiger partial charge in [-0.05, 0) is 12.1 Å². The maximum Gasteiger partial charge on any atom is 0.321 e. The van der Waals surface area contributed by atoms with Crippen LogP contribution in [0.5, 0.6) is 0 Å². The predicted octanol–water partition coefficient (Wildman–Crippen LogP) is 1.29. The number of carbonyl (C=O) groups is 2. The van der Waals surface area contributed by atoms with Gasteiger partial charge in [0.05, 0.1) is 12.6 Å². The van der Waals surface area contributed by atoms with Crippen molar-refractivity contribution < 1.29 is 14.3 Å². The number of hydrogen-bond acceptors (Lipinski definition) is 3. The van der Waals surface area contributed by atoms with Gasteiger partial charge in [-0.25, -0.2) is 9.59 Å². The highest BCUT2D eigenvalue weighted by molar-refractivity contribution is 5.89. The van der Waals surface area contributed by atoms with Crippen LogP contribution < -0.4 is 5.32 Å². The quantitative estimate of drug-likeness (QED) is 0.910. The lowest BCUT2D eigenvalue weighted by Crippen LogP contribution is -2.54. The molecule has 1 N–H and O–H groups in total. The summed E-state index contributed by atoms with van der Waals surface area (Å²) in [6, 6.07) is 9.41. The van der Waals surface area contributed by atoms with E-state index in [1.165, 1.54) is 0 Å². The Morgan fingerprint density at radius 1 is 1.26 bits per heavy atom. The summed E-state index contributed by atoms with van der Waals surface area (Å²) >= 11 is 0. The second-order valence-electron chi connectivity index (χ2n) is 5.81. The molecule has 1 aromatic carbocycles. The second kappa shape index (κ2) is 6.87. The maximum absolute atomic E-state index is 12.4. The summed E-state index contributed by atoms with van der Waals surface area (Å²) in [5.41, 5.74) is 0.782. The molecule has 1 atom stereocenters. The zero-order valence-electron chi connectivity index (χ0n) is 13.3. The lowest BCUT2D eigenvalue weighted by Gasteiger charge is -2.36. The van der Waals surface area contributed by atoms with Crippen LogP contribution in [0.25, 0.3) is 0 Å². The first-order valence-electron chi connectivity index (χ1n) is 7.84. The second-order valence-corrected chi connectivity index (χ2v) is 5.81. The molecular formula is C16H22N4O3. The van der Waals surface area contributed by atoms with E-state index in [9.17, 15) is 9.59 Å². The van der Waals surface area contributed by atoms with Crippen molar-refractivity contribution in [1.82, 2.24) is 14.7 Å². The Hall–Kier alpha value is -2.28. The summed E-state index contributed by atoms with van der Waals surface area (Å²) < 4.78 is 5.04. The molecular weight excluding hydrogens is 296 g/mol. The minimum Gasteiger partial charge on any atom is -0.383 e. The number of nitrogens with zero attached hydrogens (tertiary/aromatic N) is 3. The molecule has 0 saturated carbocycles. The van der Waals surface area contributed by atoms with Crippen molar-refractivity contribution in [3.05, 3.63) is 30.3 Å². The summed E-state index contributed by atoms with van der Waals surface area (Å²) in [6.45, 7) is 3.47. The van der Waals surface area contributed by atoms with Crippen LogP contribution in [0.2, 0.25) is 0 Å². The normalized spacial score (nSPS) is 20.7. The molecule has 0 radical (unpaired) electrons. The van der Waals surface area contributed by atoms with Crippen LogP contribution in [0.3, 0.4) is 0 Å². The Morgan fingerprint density at radius 3 is 2.78 bits per heavy atom. The summed E-state index contributed by atoms with van der Waals surface area (Å²) in [4.78, 5) is 30.1. The van der Waals surface area contributed by atoms with Crippen molar-refractivity contribution in [2.75, 3.05) is 51.8 Å². The fourth-order valence-corrected chi connectivity index (χ4v) is 3.07. The number of nitrogens with one attached hydrogen (secondary N) is 1. The van der Waals surface area contributed by atoms with E-state index in [0.29, 0.717) is 39.3 Å². The van der Waals surface area contributed by atoms with E-state index in [-0.39, 0.29) is 18.1 Å². The summed E-state index contributed by atoms with van der Waals surface area (Å²) in [5, 5.41) is 2.90. The standard InChI is InChI=1S/C16H22N4O3/c1-23-10-9-19-12-14-11-18(7-8-20(14)16(19)22)15(21)17-13-5-3-2-4-6-13/h2-6,14H,7-12H2,1H3,(H,17,21). The molecule has 1 aromatic rings. The van der Waals surface area contributed by atoms with Crippen molar-refractivity contribution in [3.8, 4) is 0 Å². The number of rotatable bonds is 4. The van der Waals surface area contributed by atoms with Gasteiger partial charge in [-0.2, -0.15) is 0 Å². The number of methoxy groups -OCH3 is 1. The highest BCUT2D eigenvalue weighted by atomic mass is 16.5. The molecule has 7 heteroatoms. The Balaban J connectivity index is 1.57. The Kier molecular flexibility index (Phi) is 4.66. The van der Waals surface area contributed by atoms with Crippen LogP contribution >= 0.6 is 0 Å². The fourth-order valence-electron chi connectivity index (χ4n) is 3.07. The number of ether oxygens (including phenoxy) is 1. The molecule has 2 saturated heterocycles. The highest BCUT2D eigenvalue weighted by Gasteiger charge is 2.41. The molecule has 2 fully saturated rings. The van der Waals surface area contributed by atoms with Gasteiger partial charge in [0, 0.05) is 45.5 Å². The van der Waals surface area contributed by atoms with E-state index in [0.717, 1.165) is 5.69 Å². The number of fused-ring (bicyclic) bond motifs is 1. The summed E-state index contributed by atoms with van der Waals surface area (Å²) in [6.07, 6.45) is 0. The van der Waals surface area contributed by atoms with Gasteiger partial charge in [-0.3, -0.25) is 0 Å². The third-order valence-electron chi connectivity index (χ3n) is 4.31. The highest BCUT2D eigenvalue weighted by Crippen LogP contribution is 2.21. The van der Waals surface area contributed by atoms with Gasteiger partial charge >= 0.3 is 12.1 Å². The molecule has 3 rings (SSSR count). The first kappa shape index (κ1) is 15.6. The molecule has 0 aromatic heterocycles. The van der Waals surface area contributed by atoms with Crippen molar-refractivity contribution >= 4 is 17.7 Å². The Bertz CT molecular complexity index is 566. The molecule has 2 heterocycles. The smallest absolute Gasteiger partial charge is 0.321 e. The van der Waals surface area contributed by atoms with Gasteiger partial charge in [0.25, 0.3) is 0 Å². The van der Waals surface area contributed by atoms with E-state index in [1.807, 2.05) is 35.2 Å². The Labute approximate surface area is 135 Å². The van der Waals surface area contributed by atoms with Crippen LogP contribution in [0.4, 0.5) is 15.3 Å². The van der Waals surface area contributed by atoms with Gasteiger partial charge < -0.3 is 24.8 Å².